The zero-order chi connectivity index (χ0) is 20.6. The van der Waals surface area contributed by atoms with Crippen LogP contribution in [0.25, 0.3) is 0 Å². The molecule has 27 heavy (non-hydrogen) atoms. The van der Waals surface area contributed by atoms with Gasteiger partial charge in [-0.25, -0.2) is 4.79 Å². The minimum absolute atomic E-state index is 0.343. The number of amides is 3. The number of carboxylic acid groups (broad SMARTS) is 1. The average Bonchev–Trinajstić information content (AvgIpc) is 3.10. The summed E-state index contributed by atoms with van der Waals surface area (Å²) in [5, 5.41) is 14.4. The second kappa shape index (κ2) is 10.8. The lowest BCUT2D eigenvalue weighted by molar-refractivity contribution is -0.149. The second-order valence-electron chi connectivity index (χ2n) is 6.89. The summed E-state index contributed by atoms with van der Waals surface area (Å²) in [6.45, 7) is 3.79. The molecule has 1 fully saturated rings. The van der Waals surface area contributed by atoms with Crippen molar-refractivity contribution < 1.29 is 24.3 Å². The summed E-state index contributed by atoms with van der Waals surface area (Å²) in [5.74, 6) is -2.48. The van der Waals surface area contributed by atoms with Crippen LogP contribution in [0.2, 0.25) is 0 Å². The number of nitrogens with two attached hydrogens (primary N) is 2. The van der Waals surface area contributed by atoms with Gasteiger partial charge in [0.15, 0.2) is 0 Å². The Morgan fingerprint density at radius 3 is 2.37 bits per heavy atom. The van der Waals surface area contributed by atoms with Crippen molar-refractivity contribution in [3.63, 3.8) is 0 Å². The standard InChI is InChI=1S/C17H31N5O5/c1-10(19)14(23)20-11(2)15(24)21-12(6-3-4-8-18)16(25)22-9-5-7-13(22)17(26)27/h10-13H,3-9,18-19H2,1-2H3,(H,20,23)(H,21,24)(H,26,27)/t10-,11-,12-,13-/m0/s1. The summed E-state index contributed by atoms with van der Waals surface area (Å²) in [6.07, 6.45) is 2.63. The van der Waals surface area contributed by atoms with Crippen LogP contribution < -0.4 is 22.1 Å². The molecule has 1 aliphatic heterocycles. The van der Waals surface area contributed by atoms with Crippen LogP contribution in [0.3, 0.4) is 0 Å². The van der Waals surface area contributed by atoms with E-state index in [4.69, 9.17) is 11.5 Å². The first-order valence-electron chi connectivity index (χ1n) is 9.28. The summed E-state index contributed by atoms with van der Waals surface area (Å²) in [7, 11) is 0. The highest BCUT2D eigenvalue weighted by atomic mass is 16.4. The van der Waals surface area contributed by atoms with Crippen LogP contribution >= 0.6 is 0 Å². The van der Waals surface area contributed by atoms with Crippen molar-refractivity contribution in [2.75, 3.05) is 13.1 Å². The number of nitrogens with one attached hydrogen (secondary N) is 2. The first kappa shape index (κ1) is 22.8. The number of likely N-dealkylation sites (tertiary alicyclic amines) is 1. The van der Waals surface area contributed by atoms with E-state index >= 15 is 0 Å². The third-order valence-corrected chi connectivity index (χ3v) is 4.55. The predicted octanol–water partition coefficient (Wildman–Crippen LogP) is -1.47. The highest BCUT2D eigenvalue weighted by molar-refractivity contribution is 5.94. The molecule has 0 aromatic heterocycles. The van der Waals surface area contributed by atoms with E-state index in [9.17, 15) is 24.3 Å². The van der Waals surface area contributed by atoms with Crippen LogP contribution in [0.15, 0.2) is 0 Å². The van der Waals surface area contributed by atoms with Gasteiger partial charge in [0.05, 0.1) is 6.04 Å². The van der Waals surface area contributed by atoms with E-state index in [2.05, 4.69) is 10.6 Å². The molecule has 3 amide bonds. The van der Waals surface area contributed by atoms with Gasteiger partial charge in [-0.05, 0) is 52.5 Å². The maximum atomic E-state index is 12.9. The van der Waals surface area contributed by atoms with E-state index in [1.165, 1.54) is 18.7 Å². The normalized spacial score (nSPS) is 19.9. The van der Waals surface area contributed by atoms with E-state index < -0.39 is 47.9 Å². The lowest BCUT2D eigenvalue weighted by atomic mass is 10.1. The summed E-state index contributed by atoms with van der Waals surface area (Å²) in [4.78, 5) is 49.6. The molecule has 4 atom stereocenters. The Bertz CT molecular complexity index is 554. The molecule has 1 saturated heterocycles. The quantitative estimate of drug-likeness (QED) is 0.286. The van der Waals surface area contributed by atoms with Gasteiger partial charge in [-0.1, -0.05) is 0 Å². The Hall–Kier alpha value is -2.20. The summed E-state index contributed by atoms with van der Waals surface area (Å²) >= 11 is 0. The van der Waals surface area contributed by atoms with Gasteiger partial charge >= 0.3 is 5.97 Å². The number of hydrogen-bond acceptors (Lipinski definition) is 6. The van der Waals surface area contributed by atoms with Crippen molar-refractivity contribution in [1.82, 2.24) is 15.5 Å². The zero-order valence-electron chi connectivity index (χ0n) is 15.9. The molecule has 0 bridgehead atoms. The largest absolute Gasteiger partial charge is 0.480 e. The van der Waals surface area contributed by atoms with Gasteiger partial charge in [-0.3, -0.25) is 14.4 Å². The van der Waals surface area contributed by atoms with E-state index in [-0.39, 0.29) is 0 Å². The van der Waals surface area contributed by atoms with Gasteiger partial charge in [-0.15, -0.1) is 0 Å². The highest BCUT2D eigenvalue weighted by Crippen LogP contribution is 2.19. The monoisotopic (exact) mass is 385 g/mol. The number of aliphatic carboxylic acids is 1. The molecule has 1 heterocycles. The van der Waals surface area contributed by atoms with Crippen LogP contribution in [0.4, 0.5) is 0 Å². The molecule has 1 aliphatic rings. The lowest BCUT2D eigenvalue weighted by Gasteiger charge is -2.28. The topological polar surface area (TPSA) is 168 Å². The van der Waals surface area contributed by atoms with Gasteiger partial charge in [0.1, 0.15) is 18.1 Å². The smallest absolute Gasteiger partial charge is 0.326 e. The third kappa shape index (κ3) is 6.79. The van der Waals surface area contributed by atoms with Crippen LogP contribution in [0, 0.1) is 0 Å². The van der Waals surface area contributed by atoms with E-state index in [1.54, 1.807) is 0 Å². The van der Waals surface area contributed by atoms with Crippen molar-refractivity contribution in [3.05, 3.63) is 0 Å². The molecule has 0 aromatic rings. The molecular formula is C17H31N5O5. The van der Waals surface area contributed by atoms with Gasteiger partial charge in [0.2, 0.25) is 17.7 Å². The first-order valence-corrected chi connectivity index (χ1v) is 9.28. The fourth-order valence-corrected chi connectivity index (χ4v) is 2.94. The molecule has 1 rings (SSSR count). The van der Waals surface area contributed by atoms with Crippen molar-refractivity contribution in [2.24, 2.45) is 11.5 Å². The van der Waals surface area contributed by atoms with Gasteiger partial charge in [-0.2, -0.15) is 0 Å². The molecule has 154 valence electrons. The number of carbonyl (C=O) groups is 4. The molecule has 0 radical (unpaired) electrons. The second-order valence-corrected chi connectivity index (χ2v) is 6.89. The fourth-order valence-electron chi connectivity index (χ4n) is 2.94. The Balaban J connectivity index is 2.80. The van der Waals surface area contributed by atoms with Crippen molar-refractivity contribution >= 4 is 23.7 Å². The van der Waals surface area contributed by atoms with Gasteiger partial charge in [0.25, 0.3) is 0 Å². The van der Waals surface area contributed by atoms with Gasteiger partial charge in [0, 0.05) is 6.54 Å². The number of rotatable bonds is 10. The zero-order valence-corrected chi connectivity index (χ0v) is 15.9. The van der Waals surface area contributed by atoms with Crippen molar-refractivity contribution in [3.8, 4) is 0 Å². The predicted molar refractivity (Wildman–Crippen MR) is 98.5 cm³/mol. The number of carboxylic acids is 1. The minimum atomic E-state index is -1.05. The molecular weight excluding hydrogens is 354 g/mol. The fraction of sp³-hybridized carbons (Fsp3) is 0.765. The minimum Gasteiger partial charge on any atom is -0.480 e. The maximum Gasteiger partial charge on any atom is 0.326 e. The van der Waals surface area contributed by atoms with Crippen LogP contribution in [-0.2, 0) is 19.2 Å². The SMILES string of the molecule is C[C@H](N)C(=O)N[C@@H](C)C(=O)N[C@@H](CCCCN)C(=O)N1CCC[C@H]1C(=O)O. The lowest BCUT2D eigenvalue weighted by Crippen LogP contribution is -2.56. The molecule has 10 nitrogen and oxygen atoms in total. The number of unbranched alkanes of at least 4 members (excludes halogenated alkanes) is 1. The molecule has 10 heteroatoms. The molecule has 0 unspecified atom stereocenters. The molecule has 0 aliphatic carbocycles. The van der Waals surface area contributed by atoms with E-state index in [0.717, 1.165) is 0 Å². The van der Waals surface area contributed by atoms with Gasteiger partial charge < -0.3 is 32.1 Å². The highest BCUT2D eigenvalue weighted by Gasteiger charge is 2.37. The Morgan fingerprint density at radius 2 is 1.81 bits per heavy atom. The average molecular weight is 385 g/mol. The van der Waals surface area contributed by atoms with Crippen molar-refractivity contribution in [2.45, 2.75) is 70.1 Å². The first-order chi connectivity index (χ1) is 12.7. The Morgan fingerprint density at radius 1 is 1.15 bits per heavy atom. The van der Waals surface area contributed by atoms with Crippen LogP contribution in [0.1, 0.15) is 46.0 Å². The summed E-state index contributed by atoms with van der Waals surface area (Å²) in [6, 6.07) is -3.37. The number of hydrogen-bond donors (Lipinski definition) is 5. The maximum absolute atomic E-state index is 12.9. The van der Waals surface area contributed by atoms with Crippen molar-refractivity contribution in [1.29, 1.82) is 0 Å². The summed E-state index contributed by atoms with van der Waals surface area (Å²) < 4.78 is 0. The summed E-state index contributed by atoms with van der Waals surface area (Å²) in [5.41, 5.74) is 11.0. The van der Waals surface area contributed by atoms with E-state index in [1.807, 2.05) is 0 Å². The molecule has 0 aromatic carbocycles. The van der Waals surface area contributed by atoms with E-state index in [0.29, 0.717) is 45.2 Å². The number of carbonyl (C=O) groups excluding carboxylic acids is 3. The molecule has 0 spiro atoms. The molecule has 0 saturated carbocycles. The Kier molecular flexibility index (Phi) is 9.16. The third-order valence-electron chi connectivity index (χ3n) is 4.55. The number of nitrogens with zero attached hydrogens (tertiary/aromatic N) is 1. The Labute approximate surface area is 159 Å². The molecule has 7 N–H and O–H groups in total. The van der Waals surface area contributed by atoms with Crippen LogP contribution in [0.5, 0.6) is 0 Å². The van der Waals surface area contributed by atoms with Crippen LogP contribution in [-0.4, -0.2) is 71.0 Å².